The van der Waals surface area contributed by atoms with Gasteiger partial charge in [-0.1, -0.05) is 93.6 Å². The van der Waals surface area contributed by atoms with E-state index in [1.54, 1.807) is 97.1 Å². The number of ether oxygens (including phenoxy) is 7. The van der Waals surface area contributed by atoms with Gasteiger partial charge in [0.15, 0.2) is 37.0 Å². The van der Waals surface area contributed by atoms with Gasteiger partial charge in [0, 0.05) is 5.92 Å². The summed E-state index contributed by atoms with van der Waals surface area (Å²) in [5.74, 6) is -3.26. The van der Waals surface area contributed by atoms with E-state index in [0.29, 0.717) is 12.0 Å². The number of hydrogen-bond donors (Lipinski definition) is 1. The highest BCUT2D eigenvalue weighted by atomic mass is 16.7. The van der Waals surface area contributed by atoms with Gasteiger partial charge in [-0.15, -0.1) is 0 Å². The van der Waals surface area contributed by atoms with Crippen molar-refractivity contribution in [3.63, 3.8) is 0 Å². The van der Waals surface area contributed by atoms with Crippen LogP contribution in [-0.4, -0.2) is 84.8 Å². The molecule has 55 heavy (non-hydrogen) atoms. The summed E-state index contributed by atoms with van der Waals surface area (Å²) in [6, 6.07) is 32.7. The summed E-state index contributed by atoms with van der Waals surface area (Å²) in [6.45, 7) is 5.54. The lowest BCUT2D eigenvalue weighted by Gasteiger charge is -2.45. The molecule has 12 heteroatoms. The van der Waals surface area contributed by atoms with Crippen LogP contribution in [0.1, 0.15) is 68.6 Å². The first kappa shape index (κ1) is 39.3. The first-order chi connectivity index (χ1) is 26.6. The molecule has 1 N–H and O–H groups in total. The fourth-order valence-corrected chi connectivity index (χ4v) is 6.71. The van der Waals surface area contributed by atoms with Gasteiger partial charge in [0.25, 0.3) is 0 Å². The molecule has 0 radical (unpaired) electrons. The number of esters is 4. The topological polar surface area (TPSA) is 153 Å². The highest BCUT2D eigenvalue weighted by Gasteiger charge is 2.53. The molecular weight excluding hydrogens is 708 g/mol. The van der Waals surface area contributed by atoms with E-state index < -0.39 is 73.6 Å². The fourth-order valence-electron chi connectivity index (χ4n) is 6.71. The minimum absolute atomic E-state index is 0.00686. The largest absolute Gasteiger partial charge is 0.453 e. The van der Waals surface area contributed by atoms with E-state index in [4.69, 9.17) is 33.2 Å². The molecule has 0 bridgehead atoms. The standard InChI is InChI=1S/C43H44O12/c1-4-32-26(2)27(3)34(52-38(44)28-17-9-5-10-18-28)43(51-32)49-25-33-35(53-39(45)29-19-11-6-12-20-29)36(54-40(46)30-21-13-7-14-22-30)37(42(48)50-33)55-41(47)31-23-15-8-16-24-31/h5-24,26-27,32-37,42-43,48H,4,25H2,1-3H3/t26-,27-,32+,33+,34+,35+,36-,37+,42+,43+/m0/s1. The zero-order chi connectivity index (χ0) is 38.9. The maximum Gasteiger partial charge on any atom is 0.338 e. The highest BCUT2D eigenvalue weighted by molar-refractivity contribution is 5.91. The second-order valence-corrected chi connectivity index (χ2v) is 13.5. The molecule has 2 aliphatic heterocycles. The van der Waals surface area contributed by atoms with Crippen molar-refractivity contribution in [2.75, 3.05) is 6.61 Å². The summed E-state index contributed by atoms with van der Waals surface area (Å²) in [7, 11) is 0. The van der Waals surface area contributed by atoms with Crippen LogP contribution in [0.2, 0.25) is 0 Å². The summed E-state index contributed by atoms with van der Waals surface area (Å²) in [5, 5.41) is 11.5. The fraction of sp³-hybridized carbons (Fsp3) is 0.349. The van der Waals surface area contributed by atoms with Gasteiger partial charge >= 0.3 is 23.9 Å². The summed E-state index contributed by atoms with van der Waals surface area (Å²) < 4.78 is 42.5. The van der Waals surface area contributed by atoms with Gasteiger partial charge in [0.1, 0.15) is 6.10 Å². The number of aliphatic hydroxyl groups excluding tert-OH is 1. The molecule has 6 rings (SSSR count). The summed E-state index contributed by atoms with van der Waals surface area (Å²) in [5.41, 5.74) is 0.844. The lowest BCUT2D eigenvalue weighted by molar-refractivity contribution is -0.312. The van der Waals surface area contributed by atoms with Crippen LogP contribution >= 0.6 is 0 Å². The van der Waals surface area contributed by atoms with Crippen molar-refractivity contribution in [1.82, 2.24) is 0 Å². The molecule has 2 fully saturated rings. The molecule has 0 aliphatic carbocycles. The number of carbonyl (C=O) groups excluding carboxylic acids is 4. The van der Waals surface area contributed by atoms with Crippen molar-refractivity contribution in [2.45, 2.75) is 76.4 Å². The van der Waals surface area contributed by atoms with Crippen LogP contribution in [0, 0.1) is 11.8 Å². The van der Waals surface area contributed by atoms with E-state index in [-0.39, 0.29) is 34.6 Å². The van der Waals surface area contributed by atoms with Crippen LogP contribution in [-0.2, 0) is 33.2 Å². The van der Waals surface area contributed by atoms with Crippen molar-refractivity contribution < 1.29 is 57.4 Å². The Balaban J connectivity index is 1.32. The summed E-state index contributed by atoms with van der Waals surface area (Å²) >= 11 is 0. The minimum atomic E-state index is -1.87. The Hall–Kier alpha value is -5.40. The summed E-state index contributed by atoms with van der Waals surface area (Å²) in [6.07, 6.45) is -9.50. The van der Waals surface area contributed by atoms with Crippen molar-refractivity contribution in [1.29, 1.82) is 0 Å². The molecule has 10 atom stereocenters. The van der Waals surface area contributed by atoms with Crippen LogP contribution < -0.4 is 0 Å². The third kappa shape index (κ3) is 9.46. The molecule has 288 valence electrons. The van der Waals surface area contributed by atoms with Gasteiger partial charge in [-0.25, -0.2) is 19.2 Å². The first-order valence-corrected chi connectivity index (χ1v) is 18.3. The number of rotatable bonds is 12. The zero-order valence-electron chi connectivity index (χ0n) is 30.7. The predicted octanol–water partition coefficient (Wildman–Crippen LogP) is 6.03. The van der Waals surface area contributed by atoms with E-state index in [9.17, 15) is 24.3 Å². The second-order valence-electron chi connectivity index (χ2n) is 13.5. The Labute approximate surface area is 319 Å². The number of benzene rings is 4. The van der Waals surface area contributed by atoms with Gasteiger partial charge in [-0.2, -0.15) is 0 Å². The van der Waals surface area contributed by atoms with Crippen molar-refractivity contribution >= 4 is 23.9 Å². The second kappa shape index (κ2) is 18.3. The van der Waals surface area contributed by atoms with E-state index in [0.717, 1.165) is 0 Å². The average Bonchev–Trinajstić information content (AvgIpc) is 3.22. The Kier molecular flexibility index (Phi) is 13.1. The smallest absolute Gasteiger partial charge is 0.338 e. The van der Waals surface area contributed by atoms with Crippen LogP contribution in [0.25, 0.3) is 0 Å². The van der Waals surface area contributed by atoms with Gasteiger partial charge in [0.05, 0.1) is 35.0 Å². The van der Waals surface area contributed by atoms with Crippen LogP contribution in [0.4, 0.5) is 0 Å². The van der Waals surface area contributed by atoms with E-state index in [1.165, 1.54) is 24.3 Å². The maximum absolute atomic E-state index is 13.7. The van der Waals surface area contributed by atoms with Crippen LogP contribution in [0.5, 0.6) is 0 Å². The van der Waals surface area contributed by atoms with Crippen LogP contribution in [0.3, 0.4) is 0 Å². The quantitative estimate of drug-likeness (QED) is 0.133. The Morgan fingerprint density at radius 2 is 0.891 bits per heavy atom. The summed E-state index contributed by atoms with van der Waals surface area (Å²) in [4.78, 5) is 53.9. The average molecular weight is 753 g/mol. The zero-order valence-corrected chi connectivity index (χ0v) is 30.7. The predicted molar refractivity (Wildman–Crippen MR) is 197 cm³/mol. The SMILES string of the molecule is CC[C@H]1O[C@@H](OC[C@H]2O[C@@H](O)[C@H](OC(=O)c3ccccc3)[C@@H](OC(=O)c3ccccc3)[C@@H]2OC(=O)c2ccccc2)[C@H](OC(=O)c2ccccc2)[C@@H](C)[C@@H]1C. The molecule has 4 aromatic carbocycles. The molecule has 12 nitrogen and oxygen atoms in total. The molecular formula is C43H44O12. The van der Waals surface area contributed by atoms with Crippen molar-refractivity contribution in [3.05, 3.63) is 144 Å². The minimum Gasteiger partial charge on any atom is -0.453 e. The molecule has 4 aromatic rings. The monoisotopic (exact) mass is 752 g/mol. The molecule has 2 heterocycles. The van der Waals surface area contributed by atoms with E-state index in [1.807, 2.05) is 20.8 Å². The maximum atomic E-state index is 13.7. The molecule has 2 aliphatic rings. The Morgan fingerprint density at radius 1 is 0.509 bits per heavy atom. The highest BCUT2D eigenvalue weighted by Crippen LogP contribution is 2.36. The normalized spacial score (nSPS) is 27.6. The third-order valence-corrected chi connectivity index (χ3v) is 9.96. The van der Waals surface area contributed by atoms with Gasteiger partial charge < -0.3 is 38.3 Å². The third-order valence-electron chi connectivity index (χ3n) is 9.96. The first-order valence-electron chi connectivity index (χ1n) is 18.3. The molecule has 0 saturated carbocycles. The molecule has 2 saturated heterocycles. The van der Waals surface area contributed by atoms with Gasteiger partial charge in [-0.05, 0) is 60.9 Å². The Morgan fingerprint density at radius 3 is 1.31 bits per heavy atom. The number of carbonyl (C=O) groups is 4. The molecule has 0 amide bonds. The lowest BCUT2D eigenvalue weighted by atomic mass is 9.82. The van der Waals surface area contributed by atoms with Gasteiger partial charge in [-0.3, -0.25) is 0 Å². The van der Waals surface area contributed by atoms with Crippen molar-refractivity contribution in [2.24, 2.45) is 11.8 Å². The Bertz CT molecular complexity index is 1870. The van der Waals surface area contributed by atoms with Gasteiger partial charge in [0.2, 0.25) is 0 Å². The van der Waals surface area contributed by atoms with Crippen LogP contribution in [0.15, 0.2) is 121 Å². The molecule has 0 spiro atoms. The molecule has 0 aromatic heterocycles. The van der Waals surface area contributed by atoms with E-state index >= 15 is 0 Å². The number of hydrogen-bond acceptors (Lipinski definition) is 12. The number of aliphatic hydroxyl groups is 1. The van der Waals surface area contributed by atoms with E-state index in [2.05, 4.69) is 0 Å². The van der Waals surface area contributed by atoms with Crippen molar-refractivity contribution in [3.8, 4) is 0 Å². The lowest BCUT2D eigenvalue weighted by Crippen LogP contribution is -2.63. The molecule has 0 unspecified atom stereocenters.